The standard InChI is InChI=1S/C13H13FN4OS/c1-7-11-12(17(2)16-7)18(13(20)15-11)8-4-5-9(14)10(6-8)19-3/h4-6H,1-3H3,(H,15,20). The SMILES string of the molecule is COc1cc(-n2c(=S)[nH]c3c(C)nn(C)c32)ccc1F. The van der Waals surface area contributed by atoms with E-state index in [9.17, 15) is 4.39 Å². The Morgan fingerprint density at radius 2 is 2.15 bits per heavy atom. The highest BCUT2D eigenvalue weighted by Gasteiger charge is 2.15. The highest BCUT2D eigenvalue weighted by molar-refractivity contribution is 7.71. The maximum atomic E-state index is 13.5. The number of aromatic amines is 1. The minimum Gasteiger partial charge on any atom is -0.494 e. The molecule has 7 heteroatoms. The summed E-state index contributed by atoms with van der Waals surface area (Å²) in [4.78, 5) is 3.13. The highest BCUT2D eigenvalue weighted by atomic mass is 32.1. The first kappa shape index (κ1) is 12.9. The van der Waals surface area contributed by atoms with Crippen LogP contribution in [0.3, 0.4) is 0 Å². The number of rotatable bonds is 2. The monoisotopic (exact) mass is 292 g/mol. The van der Waals surface area contributed by atoms with Gasteiger partial charge in [0.1, 0.15) is 5.52 Å². The van der Waals surface area contributed by atoms with Crippen molar-refractivity contribution in [2.24, 2.45) is 7.05 Å². The van der Waals surface area contributed by atoms with Crippen molar-refractivity contribution in [1.82, 2.24) is 19.3 Å². The Balaban J connectivity index is 2.34. The van der Waals surface area contributed by atoms with Crippen molar-refractivity contribution in [2.45, 2.75) is 6.92 Å². The van der Waals surface area contributed by atoms with Gasteiger partial charge in [0.05, 0.1) is 18.5 Å². The molecule has 0 saturated heterocycles. The second-order valence-electron chi connectivity index (χ2n) is 4.49. The van der Waals surface area contributed by atoms with Crippen molar-refractivity contribution in [3.63, 3.8) is 0 Å². The number of ether oxygens (including phenoxy) is 1. The average Bonchev–Trinajstić information content (AvgIpc) is 2.89. The lowest BCUT2D eigenvalue weighted by molar-refractivity contribution is 0.386. The van der Waals surface area contributed by atoms with E-state index in [1.807, 2.05) is 18.5 Å². The summed E-state index contributed by atoms with van der Waals surface area (Å²) in [6.45, 7) is 1.91. The van der Waals surface area contributed by atoms with E-state index in [0.717, 1.165) is 22.5 Å². The van der Waals surface area contributed by atoms with Crippen molar-refractivity contribution >= 4 is 23.4 Å². The molecular formula is C13H13FN4OS. The van der Waals surface area contributed by atoms with E-state index < -0.39 is 5.82 Å². The summed E-state index contributed by atoms with van der Waals surface area (Å²) in [5.74, 6) is -0.228. The van der Waals surface area contributed by atoms with Crippen LogP contribution >= 0.6 is 12.2 Å². The number of fused-ring (bicyclic) bond motifs is 1. The first-order valence-corrected chi connectivity index (χ1v) is 6.42. The minimum absolute atomic E-state index is 0.178. The summed E-state index contributed by atoms with van der Waals surface area (Å²) in [5.41, 5.74) is 3.30. The van der Waals surface area contributed by atoms with E-state index in [0.29, 0.717) is 4.77 Å². The van der Waals surface area contributed by atoms with Gasteiger partial charge in [-0.05, 0) is 31.3 Å². The van der Waals surface area contributed by atoms with E-state index in [2.05, 4.69) is 10.1 Å². The Morgan fingerprint density at radius 3 is 2.85 bits per heavy atom. The van der Waals surface area contributed by atoms with Gasteiger partial charge in [0.25, 0.3) is 0 Å². The molecule has 2 aromatic heterocycles. The number of halogens is 1. The number of imidazole rings is 1. The zero-order chi connectivity index (χ0) is 14.4. The Labute approximate surface area is 119 Å². The number of H-pyrrole nitrogens is 1. The summed E-state index contributed by atoms with van der Waals surface area (Å²) in [6.07, 6.45) is 0. The smallest absolute Gasteiger partial charge is 0.184 e. The van der Waals surface area contributed by atoms with Gasteiger partial charge in [-0.15, -0.1) is 0 Å². The number of benzene rings is 1. The lowest BCUT2D eigenvalue weighted by Gasteiger charge is -2.08. The number of hydrogen-bond donors (Lipinski definition) is 1. The number of aryl methyl sites for hydroxylation is 2. The van der Waals surface area contributed by atoms with Crippen LogP contribution in [0.4, 0.5) is 4.39 Å². The van der Waals surface area contributed by atoms with Gasteiger partial charge in [-0.2, -0.15) is 5.10 Å². The molecule has 5 nitrogen and oxygen atoms in total. The van der Waals surface area contributed by atoms with Gasteiger partial charge in [-0.1, -0.05) is 0 Å². The molecule has 0 bridgehead atoms. The molecule has 1 aromatic carbocycles. The largest absolute Gasteiger partial charge is 0.494 e. The van der Waals surface area contributed by atoms with Gasteiger partial charge in [-0.25, -0.2) is 9.07 Å². The zero-order valence-electron chi connectivity index (χ0n) is 11.3. The van der Waals surface area contributed by atoms with Crippen LogP contribution in [-0.2, 0) is 7.05 Å². The third kappa shape index (κ3) is 1.74. The fourth-order valence-electron chi connectivity index (χ4n) is 2.33. The third-order valence-corrected chi connectivity index (χ3v) is 3.52. The molecule has 104 valence electrons. The van der Waals surface area contributed by atoms with Crippen molar-refractivity contribution in [3.8, 4) is 11.4 Å². The van der Waals surface area contributed by atoms with Crippen molar-refractivity contribution < 1.29 is 9.13 Å². The normalized spacial score (nSPS) is 11.2. The van der Waals surface area contributed by atoms with Crippen LogP contribution in [0, 0.1) is 17.5 Å². The van der Waals surface area contributed by atoms with Crippen LogP contribution in [-0.4, -0.2) is 26.4 Å². The predicted octanol–water partition coefficient (Wildman–Crippen LogP) is 2.88. The summed E-state index contributed by atoms with van der Waals surface area (Å²) < 4.78 is 22.6. The molecule has 0 saturated carbocycles. The second-order valence-corrected chi connectivity index (χ2v) is 4.88. The van der Waals surface area contributed by atoms with Gasteiger partial charge in [0.2, 0.25) is 0 Å². The van der Waals surface area contributed by atoms with Crippen LogP contribution in [0.5, 0.6) is 5.75 Å². The van der Waals surface area contributed by atoms with Gasteiger partial charge >= 0.3 is 0 Å². The van der Waals surface area contributed by atoms with Crippen LogP contribution in [0.25, 0.3) is 16.9 Å². The molecule has 20 heavy (non-hydrogen) atoms. The van der Waals surface area contributed by atoms with E-state index >= 15 is 0 Å². The number of hydrogen-bond acceptors (Lipinski definition) is 3. The first-order chi connectivity index (χ1) is 9.52. The summed E-state index contributed by atoms with van der Waals surface area (Å²) >= 11 is 5.35. The molecule has 0 fully saturated rings. The molecular weight excluding hydrogens is 279 g/mol. The molecule has 1 N–H and O–H groups in total. The predicted molar refractivity (Wildman–Crippen MR) is 76.5 cm³/mol. The number of methoxy groups -OCH3 is 1. The molecule has 0 amide bonds. The van der Waals surface area contributed by atoms with E-state index in [-0.39, 0.29) is 5.75 Å². The van der Waals surface area contributed by atoms with Crippen molar-refractivity contribution in [1.29, 1.82) is 0 Å². The Morgan fingerprint density at radius 1 is 1.40 bits per heavy atom. The Bertz CT molecular complexity index is 861. The quantitative estimate of drug-likeness (QED) is 0.739. The lowest BCUT2D eigenvalue weighted by atomic mass is 10.3. The molecule has 0 spiro atoms. The molecule has 0 atom stereocenters. The van der Waals surface area contributed by atoms with E-state index in [4.69, 9.17) is 17.0 Å². The van der Waals surface area contributed by atoms with Gasteiger partial charge in [0, 0.05) is 13.1 Å². The van der Waals surface area contributed by atoms with Crippen molar-refractivity contribution in [2.75, 3.05) is 7.11 Å². The maximum absolute atomic E-state index is 13.5. The zero-order valence-corrected chi connectivity index (χ0v) is 12.1. The molecule has 3 aromatic rings. The second kappa shape index (κ2) is 4.45. The fourth-order valence-corrected chi connectivity index (χ4v) is 2.63. The van der Waals surface area contributed by atoms with Crippen LogP contribution < -0.4 is 4.74 Å². The number of aromatic nitrogens is 4. The average molecular weight is 292 g/mol. The molecule has 0 aliphatic carbocycles. The van der Waals surface area contributed by atoms with Crippen LogP contribution in [0.1, 0.15) is 5.69 Å². The Hall–Kier alpha value is -2.15. The topological polar surface area (TPSA) is 47.8 Å². The van der Waals surface area contributed by atoms with Crippen LogP contribution in [0.2, 0.25) is 0 Å². The summed E-state index contributed by atoms with van der Waals surface area (Å²) in [6, 6.07) is 4.63. The fraction of sp³-hybridized carbons (Fsp3) is 0.231. The van der Waals surface area contributed by atoms with Gasteiger partial charge in [-0.3, -0.25) is 4.57 Å². The lowest BCUT2D eigenvalue weighted by Crippen LogP contribution is -2.01. The Kier molecular flexibility index (Phi) is 2.86. The molecule has 0 radical (unpaired) electrons. The number of nitrogens with zero attached hydrogens (tertiary/aromatic N) is 3. The molecule has 0 unspecified atom stereocenters. The first-order valence-electron chi connectivity index (χ1n) is 6.01. The molecule has 2 heterocycles. The third-order valence-electron chi connectivity index (χ3n) is 3.23. The van der Waals surface area contributed by atoms with Gasteiger partial charge < -0.3 is 9.72 Å². The van der Waals surface area contributed by atoms with Crippen LogP contribution in [0.15, 0.2) is 18.2 Å². The van der Waals surface area contributed by atoms with Crippen molar-refractivity contribution in [3.05, 3.63) is 34.5 Å². The minimum atomic E-state index is -0.407. The van der Waals surface area contributed by atoms with E-state index in [1.54, 1.807) is 16.8 Å². The molecule has 0 aliphatic heterocycles. The summed E-state index contributed by atoms with van der Waals surface area (Å²) in [5, 5.41) is 4.35. The maximum Gasteiger partial charge on any atom is 0.184 e. The molecule has 0 aliphatic rings. The number of nitrogens with one attached hydrogen (secondary N) is 1. The van der Waals surface area contributed by atoms with E-state index in [1.165, 1.54) is 13.2 Å². The van der Waals surface area contributed by atoms with Gasteiger partial charge in [0.15, 0.2) is 22.0 Å². The molecule has 3 rings (SSSR count). The summed E-state index contributed by atoms with van der Waals surface area (Å²) in [7, 11) is 3.28. The highest BCUT2D eigenvalue weighted by Crippen LogP contribution is 2.25.